The molecule has 1 aliphatic rings. The van der Waals surface area contributed by atoms with E-state index in [1.807, 2.05) is 6.92 Å². The van der Waals surface area contributed by atoms with Gasteiger partial charge in [-0.05, 0) is 57.7 Å². The fraction of sp³-hybridized carbons (Fsp3) is 0.458. The first kappa shape index (κ1) is 28.5. The molecular weight excluding hydrogens is 492 g/mol. The quantitative estimate of drug-likeness (QED) is 0.373. The molecule has 35 heavy (non-hydrogen) atoms. The summed E-state index contributed by atoms with van der Waals surface area (Å²) in [4.78, 5) is 18.8. The predicted molar refractivity (Wildman–Crippen MR) is 137 cm³/mol. The zero-order valence-corrected chi connectivity index (χ0v) is 22.3. The first-order valence-electron chi connectivity index (χ1n) is 11.5. The summed E-state index contributed by atoms with van der Waals surface area (Å²) in [5.74, 6) is -0.534. The van der Waals surface area contributed by atoms with Gasteiger partial charge in [-0.3, -0.25) is 0 Å². The van der Waals surface area contributed by atoms with Crippen molar-refractivity contribution in [2.24, 2.45) is 5.10 Å². The van der Waals surface area contributed by atoms with Gasteiger partial charge in [-0.2, -0.15) is 8.42 Å². The minimum Gasteiger partial charge on any atom is -0.464 e. The first-order valence-corrected chi connectivity index (χ1v) is 13.3. The van der Waals surface area contributed by atoms with E-state index in [1.165, 1.54) is 43.0 Å². The predicted octanol–water partition coefficient (Wildman–Crippen LogP) is 4.25. The molecule has 1 aromatic heterocycles. The number of carbonyl (C=O) groups is 1. The van der Waals surface area contributed by atoms with Crippen molar-refractivity contribution in [3.05, 3.63) is 53.2 Å². The third kappa shape index (κ3) is 7.91. The Morgan fingerprint density at radius 2 is 1.74 bits per heavy atom. The van der Waals surface area contributed by atoms with Crippen LogP contribution in [0, 0.1) is 6.92 Å². The number of ether oxygens (including phenoxy) is 1. The van der Waals surface area contributed by atoms with Crippen LogP contribution in [0.15, 0.2) is 52.6 Å². The van der Waals surface area contributed by atoms with Crippen LogP contribution in [-0.4, -0.2) is 62.5 Å². The lowest BCUT2D eigenvalue weighted by atomic mass is 10.2. The first-order chi connectivity index (χ1) is 16.7. The van der Waals surface area contributed by atoms with Crippen molar-refractivity contribution in [2.45, 2.75) is 52.0 Å². The normalized spacial score (nSPS) is 15.3. The average Bonchev–Trinajstić information content (AvgIpc) is 3.24. The largest absolute Gasteiger partial charge is 0.464 e. The van der Waals surface area contributed by atoms with Crippen molar-refractivity contribution >= 4 is 39.4 Å². The number of anilines is 1. The highest BCUT2D eigenvalue weighted by Crippen LogP contribution is 2.30. The molecule has 0 bridgehead atoms. The Hall–Kier alpha value is -2.69. The van der Waals surface area contributed by atoms with E-state index in [1.54, 1.807) is 31.2 Å². The maximum atomic E-state index is 12.5. The molecule has 0 N–H and O–H groups in total. The summed E-state index contributed by atoms with van der Waals surface area (Å²) in [6.45, 7) is 13.8. The second-order valence-electron chi connectivity index (χ2n) is 7.59. The molecule has 1 aliphatic heterocycles. The molecule has 9 nitrogen and oxygen atoms in total. The van der Waals surface area contributed by atoms with Crippen LogP contribution in [-0.2, 0) is 23.8 Å². The van der Waals surface area contributed by atoms with Gasteiger partial charge in [0.05, 0.1) is 18.1 Å². The van der Waals surface area contributed by atoms with Crippen molar-refractivity contribution in [1.82, 2.24) is 9.88 Å². The van der Waals surface area contributed by atoms with E-state index in [0.717, 1.165) is 5.56 Å². The number of hydrogen-bond donors (Lipinski definition) is 0. The second kappa shape index (κ2) is 13.4. The smallest absolute Gasteiger partial charge is 0.340 e. The summed E-state index contributed by atoms with van der Waals surface area (Å²) >= 11 is 6.16. The highest BCUT2D eigenvalue weighted by atomic mass is 35.5. The zero-order valence-electron chi connectivity index (χ0n) is 20.8. The Morgan fingerprint density at radius 1 is 1.11 bits per heavy atom. The van der Waals surface area contributed by atoms with E-state index >= 15 is 0 Å². The molecular formula is C24H33ClN4O5S. The van der Waals surface area contributed by atoms with Crippen molar-refractivity contribution in [1.29, 1.82) is 0 Å². The summed E-state index contributed by atoms with van der Waals surface area (Å²) < 4.78 is 35.3. The Bertz CT molecular complexity index is 1100. The highest BCUT2D eigenvalue weighted by Gasteiger charge is 2.39. The van der Waals surface area contributed by atoms with Gasteiger partial charge in [0.2, 0.25) is 5.90 Å². The van der Waals surface area contributed by atoms with Crippen LogP contribution in [0.1, 0.15) is 39.7 Å². The number of aromatic nitrogens is 1. The minimum absolute atomic E-state index is 0.0113. The lowest BCUT2D eigenvalue weighted by molar-refractivity contribution is -0.144. The molecule has 1 aromatic carbocycles. The molecule has 0 aliphatic carbocycles. The monoisotopic (exact) mass is 524 g/mol. The van der Waals surface area contributed by atoms with Crippen LogP contribution in [0.5, 0.6) is 0 Å². The maximum absolute atomic E-state index is 12.5. The third-order valence-electron chi connectivity index (χ3n) is 5.25. The van der Waals surface area contributed by atoms with Gasteiger partial charge in [0, 0.05) is 6.20 Å². The molecule has 0 fully saturated rings. The number of hydrogen-bond acceptors (Lipinski definition) is 9. The van der Waals surface area contributed by atoms with Gasteiger partial charge < -0.3 is 13.8 Å². The van der Waals surface area contributed by atoms with Crippen molar-refractivity contribution < 1.29 is 22.1 Å². The standard InChI is InChI=1S/C18H18ClN3O5S.C6H15N/c1-3-26-18(23)15-11-16(21-22(15)17-14(19)5-4-10-20-17)27-28(24,25)13-8-6-12(2)7-9-13;1-4-7(5-2)6-3/h4-10,15H,3,11H2,1-2H3;4-6H2,1-3H3. The number of pyridine rings is 1. The fourth-order valence-electron chi connectivity index (χ4n) is 3.25. The molecule has 1 atom stereocenters. The van der Waals surface area contributed by atoms with E-state index in [9.17, 15) is 13.2 Å². The SMILES string of the molecule is CCN(CC)CC.CCOC(=O)C1CC(OS(=O)(=O)c2ccc(C)cc2)=NN1c1ncccc1Cl. The number of rotatable bonds is 8. The highest BCUT2D eigenvalue weighted by molar-refractivity contribution is 7.87. The summed E-state index contributed by atoms with van der Waals surface area (Å²) in [7, 11) is -4.10. The van der Waals surface area contributed by atoms with Gasteiger partial charge in [-0.15, -0.1) is 5.10 Å². The van der Waals surface area contributed by atoms with Gasteiger partial charge in [-0.1, -0.05) is 50.1 Å². The van der Waals surface area contributed by atoms with Crippen LogP contribution >= 0.6 is 11.6 Å². The summed E-state index contributed by atoms with van der Waals surface area (Å²) in [6, 6.07) is 8.48. The van der Waals surface area contributed by atoms with Crippen molar-refractivity contribution in [3.63, 3.8) is 0 Å². The van der Waals surface area contributed by atoms with Gasteiger partial charge >= 0.3 is 16.1 Å². The van der Waals surface area contributed by atoms with Gasteiger partial charge in [0.1, 0.15) is 4.90 Å². The number of carbonyl (C=O) groups excluding carboxylic acids is 1. The van der Waals surface area contributed by atoms with Crippen molar-refractivity contribution in [2.75, 3.05) is 31.3 Å². The van der Waals surface area contributed by atoms with Gasteiger partial charge in [0.15, 0.2) is 11.9 Å². The lowest BCUT2D eigenvalue weighted by Crippen LogP contribution is -2.36. The third-order valence-corrected chi connectivity index (χ3v) is 6.81. The lowest BCUT2D eigenvalue weighted by Gasteiger charge is -2.20. The maximum Gasteiger partial charge on any atom is 0.340 e. The molecule has 0 amide bonds. The van der Waals surface area contributed by atoms with E-state index in [2.05, 4.69) is 35.8 Å². The van der Waals surface area contributed by atoms with Crippen LogP contribution in [0.25, 0.3) is 0 Å². The second-order valence-corrected chi connectivity index (χ2v) is 9.54. The van der Waals surface area contributed by atoms with Crippen LogP contribution < -0.4 is 5.01 Å². The molecule has 192 valence electrons. The zero-order chi connectivity index (χ0) is 26.0. The molecule has 11 heteroatoms. The summed E-state index contributed by atoms with van der Waals surface area (Å²) in [5.41, 5.74) is 0.913. The molecule has 0 saturated heterocycles. The number of halogens is 1. The Balaban J connectivity index is 0.000000540. The van der Waals surface area contributed by atoms with Crippen LogP contribution in [0.4, 0.5) is 5.82 Å². The van der Waals surface area contributed by atoms with E-state index in [4.69, 9.17) is 20.5 Å². The molecule has 0 saturated carbocycles. The number of benzene rings is 1. The van der Waals surface area contributed by atoms with E-state index < -0.39 is 22.1 Å². The fourth-order valence-corrected chi connectivity index (χ4v) is 4.37. The molecule has 1 unspecified atom stereocenters. The van der Waals surface area contributed by atoms with Gasteiger partial charge in [0.25, 0.3) is 0 Å². The molecule has 3 rings (SSSR count). The topological polar surface area (TPSA) is 101 Å². The van der Waals surface area contributed by atoms with E-state index in [-0.39, 0.29) is 34.7 Å². The molecule has 2 heterocycles. The van der Waals surface area contributed by atoms with E-state index in [0.29, 0.717) is 0 Å². The number of hydrazone groups is 1. The van der Waals surface area contributed by atoms with Crippen LogP contribution in [0.3, 0.4) is 0 Å². The summed E-state index contributed by atoms with van der Waals surface area (Å²) in [6.07, 6.45) is 1.39. The number of esters is 1. The van der Waals surface area contributed by atoms with Crippen molar-refractivity contribution in [3.8, 4) is 0 Å². The number of nitrogens with zero attached hydrogens (tertiary/aromatic N) is 4. The Kier molecular flexibility index (Phi) is 10.9. The average molecular weight is 525 g/mol. The Morgan fingerprint density at radius 3 is 2.26 bits per heavy atom. The molecule has 2 aromatic rings. The van der Waals surface area contributed by atoms with Gasteiger partial charge in [-0.25, -0.2) is 14.8 Å². The molecule has 0 spiro atoms. The van der Waals surface area contributed by atoms with Crippen LogP contribution in [0.2, 0.25) is 5.02 Å². The summed E-state index contributed by atoms with van der Waals surface area (Å²) in [5, 5.41) is 5.61. The molecule has 0 radical (unpaired) electrons. The Labute approximate surface area is 212 Å². The number of aryl methyl sites for hydroxylation is 1. The minimum atomic E-state index is -4.10.